The molecule has 1 saturated heterocycles. The summed E-state index contributed by atoms with van der Waals surface area (Å²) in [7, 11) is 0. The summed E-state index contributed by atoms with van der Waals surface area (Å²) in [4.78, 5) is 28.8. The van der Waals surface area contributed by atoms with Gasteiger partial charge in [-0.05, 0) is 31.4 Å². The van der Waals surface area contributed by atoms with Crippen LogP contribution in [0.15, 0.2) is 47.3 Å². The van der Waals surface area contributed by atoms with Gasteiger partial charge >= 0.3 is 0 Å². The Morgan fingerprint density at radius 2 is 2.21 bits per heavy atom. The molecule has 0 saturated carbocycles. The Labute approximate surface area is 171 Å². The number of carbonyl (C=O) groups excluding carboxylic acids is 1. The molecule has 1 unspecified atom stereocenters. The lowest BCUT2D eigenvalue weighted by molar-refractivity contribution is -0.121. The molecular formula is C20H19BrN6O. The fraction of sp³-hybridized carbons (Fsp3) is 0.300. The van der Waals surface area contributed by atoms with Gasteiger partial charge in [-0.25, -0.2) is 9.97 Å². The van der Waals surface area contributed by atoms with Crippen molar-refractivity contribution < 1.29 is 4.79 Å². The van der Waals surface area contributed by atoms with Gasteiger partial charge in [-0.15, -0.1) is 0 Å². The van der Waals surface area contributed by atoms with Crippen LogP contribution in [0.25, 0.3) is 17.3 Å². The van der Waals surface area contributed by atoms with Crippen molar-refractivity contribution in [3.05, 3.63) is 47.3 Å². The van der Waals surface area contributed by atoms with Gasteiger partial charge in [-0.3, -0.25) is 9.36 Å². The van der Waals surface area contributed by atoms with E-state index >= 15 is 0 Å². The summed E-state index contributed by atoms with van der Waals surface area (Å²) in [6.07, 6.45) is 7.88. The SMILES string of the molecule is CCC12CCCN1c1nc(-n3ccnc3-c3cccc(Br)c3)ncc1NC2=O. The van der Waals surface area contributed by atoms with Gasteiger partial charge in [-0.1, -0.05) is 35.0 Å². The minimum absolute atomic E-state index is 0.0498. The third-order valence-corrected chi connectivity index (χ3v) is 6.19. The second kappa shape index (κ2) is 6.41. The molecule has 0 spiro atoms. The van der Waals surface area contributed by atoms with E-state index in [2.05, 4.69) is 43.0 Å². The number of hydrogen-bond acceptors (Lipinski definition) is 5. The normalized spacial score (nSPS) is 20.6. The molecular weight excluding hydrogens is 420 g/mol. The van der Waals surface area contributed by atoms with E-state index in [9.17, 15) is 4.79 Å². The van der Waals surface area contributed by atoms with E-state index in [1.54, 1.807) is 12.4 Å². The number of nitrogens with one attached hydrogen (secondary N) is 1. The van der Waals surface area contributed by atoms with E-state index in [4.69, 9.17) is 4.98 Å². The molecule has 2 aliphatic heterocycles. The minimum atomic E-state index is -0.499. The molecule has 1 fully saturated rings. The average molecular weight is 439 g/mol. The predicted molar refractivity (Wildman–Crippen MR) is 111 cm³/mol. The first-order valence-corrected chi connectivity index (χ1v) is 10.2. The number of carbonyl (C=O) groups is 1. The Kier molecular flexibility index (Phi) is 3.97. The molecule has 5 rings (SSSR count). The van der Waals surface area contributed by atoms with Crippen LogP contribution in [0, 0.1) is 0 Å². The maximum Gasteiger partial charge on any atom is 0.250 e. The zero-order chi connectivity index (χ0) is 19.3. The molecule has 0 aliphatic carbocycles. The number of anilines is 2. The molecule has 28 heavy (non-hydrogen) atoms. The van der Waals surface area contributed by atoms with Crippen molar-refractivity contribution in [2.24, 2.45) is 0 Å². The van der Waals surface area contributed by atoms with Crippen molar-refractivity contribution in [1.82, 2.24) is 19.5 Å². The summed E-state index contributed by atoms with van der Waals surface area (Å²) >= 11 is 3.51. The molecule has 1 aromatic carbocycles. The maximum atomic E-state index is 12.7. The third-order valence-electron chi connectivity index (χ3n) is 5.70. The fourth-order valence-corrected chi connectivity index (χ4v) is 4.67. The predicted octanol–water partition coefficient (Wildman–Crippen LogP) is 3.79. The molecule has 7 nitrogen and oxygen atoms in total. The lowest BCUT2D eigenvalue weighted by atomic mass is 9.90. The van der Waals surface area contributed by atoms with Gasteiger partial charge in [0.2, 0.25) is 11.9 Å². The highest BCUT2D eigenvalue weighted by molar-refractivity contribution is 9.10. The van der Waals surface area contributed by atoms with Crippen molar-refractivity contribution in [3.63, 3.8) is 0 Å². The van der Waals surface area contributed by atoms with E-state index in [1.807, 2.05) is 35.0 Å². The highest BCUT2D eigenvalue weighted by Gasteiger charge is 2.50. The second-order valence-corrected chi connectivity index (χ2v) is 8.05. The average Bonchev–Trinajstić information content (AvgIpc) is 3.36. The second-order valence-electron chi connectivity index (χ2n) is 7.13. The topological polar surface area (TPSA) is 75.9 Å². The Bertz CT molecular complexity index is 1080. The molecule has 8 heteroatoms. The lowest BCUT2D eigenvalue weighted by Crippen LogP contribution is -2.56. The molecule has 3 aromatic rings. The van der Waals surface area contributed by atoms with Crippen LogP contribution in [0.3, 0.4) is 0 Å². The first-order valence-electron chi connectivity index (χ1n) is 9.38. The highest BCUT2D eigenvalue weighted by Crippen LogP contribution is 2.43. The van der Waals surface area contributed by atoms with Gasteiger partial charge in [0, 0.05) is 29.0 Å². The lowest BCUT2D eigenvalue weighted by Gasteiger charge is -2.41. The number of hydrogen-bond donors (Lipinski definition) is 1. The number of benzene rings is 1. The Morgan fingerprint density at radius 3 is 3.04 bits per heavy atom. The van der Waals surface area contributed by atoms with E-state index in [0.717, 1.165) is 47.5 Å². The van der Waals surface area contributed by atoms with E-state index in [0.29, 0.717) is 11.6 Å². The number of rotatable bonds is 3. The highest BCUT2D eigenvalue weighted by atomic mass is 79.9. The van der Waals surface area contributed by atoms with Crippen LogP contribution in [-0.2, 0) is 4.79 Å². The number of fused-ring (bicyclic) bond motifs is 3. The standard InChI is InChI=1S/C20H19BrN6O/c1-2-20-7-4-9-27(20)17-15(24-18(20)28)12-23-19(25-17)26-10-8-22-16(26)13-5-3-6-14(21)11-13/h3,5-6,8,10-12H,2,4,7,9H2,1H3,(H,24,28). The summed E-state index contributed by atoms with van der Waals surface area (Å²) in [5, 5.41) is 3.01. The van der Waals surface area contributed by atoms with Crippen LogP contribution in [0.5, 0.6) is 0 Å². The van der Waals surface area contributed by atoms with Crippen LogP contribution >= 0.6 is 15.9 Å². The molecule has 0 bridgehead atoms. The summed E-state index contributed by atoms with van der Waals surface area (Å²) in [5.74, 6) is 2.15. The number of nitrogens with zero attached hydrogens (tertiary/aromatic N) is 5. The van der Waals surface area contributed by atoms with Crippen molar-refractivity contribution in [2.75, 3.05) is 16.8 Å². The molecule has 142 valence electrons. The van der Waals surface area contributed by atoms with E-state index in [-0.39, 0.29) is 5.91 Å². The molecule has 1 N–H and O–H groups in total. The Balaban J connectivity index is 1.62. The van der Waals surface area contributed by atoms with E-state index in [1.165, 1.54) is 0 Å². The van der Waals surface area contributed by atoms with Crippen LogP contribution in [0.1, 0.15) is 26.2 Å². The van der Waals surface area contributed by atoms with Crippen molar-refractivity contribution in [1.29, 1.82) is 0 Å². The Morgan fingerprint density at radius 1 is 1.32 bits per heavy atom. The molecule has 2 aromatic heterocycles. The largest absolute Gasteiger partial charge is 0.340 e. The Hall–Kier alpha value is -2.74. The van der Waals surface area contributed by atoms with Crippen molar-refractivity contribution >= 4 is 33.3 Å². The van der Waals surface area contributed by atoms with Gasteiger partial charge in [0.05, 0.1) is 6.20 Å². The van der Waals surface area contributed by atoms with Gasteiger partial charge in [0.15, 0.2) is 5.82 Å². The molecule has 1 amide bonds. The summed E-state index contributed by atoms with van der Waals surface area (Å²) in [6, 6.07) is 7.97. The summed E-state index contributed by atoms with van der Waals surface area (Å²) < 4.78 is 2.86. The summed E-state index contributed by atoms with van der Waals surface area (Å²) in [6.45, 7) is 2.89. The van der Waals surface area contributed by atoms with Crippen LogP contribution in [0.4, 0.5) is 11.5 Å². The van der Waals surface area contributed by atoms with Crippen LogP contribution < -0.4 is 10.2 Å². The quantitative estimate of drug-likeness (QED) is 0.672. The van der Waals surface area contributed by atoms with E-state index < -0.39 is 5.54 Å². The van der Waals surface area contributed by atoms with Gasteiger partial charge in [0.25, 0.3) is 0 Å². The molecule has 1 atom stereocenters. The van der Waals surface area contributed by atoms with Crippen LogP contribution in [0.2, 0.25) is 0 Å². The van der Waals surface area contributed by atoms with Gasteiger partial charge in [-0.2, -0.15) is 4.98 Å². The number of amides is 1. The number of halogens is 1. The maximum absolute atomic E-state index is 12.7. The summed E-state index contributed by atoms with van der Waals surface area (Å²) in [5.41, 5.74) is 1.14. The monoisotopic (exact) mass is 438 g/mol. The first-order chi connectivity index (χ1) is 13.6. The number of aromatic nitrogens is 4. The first kappa shape index (κ1) is 17.4. The van der Waals surface area contributed by atoms with Gasteiger partial charge < -0.3 is 10.2 Å². The zero-order valence-electron chi connectivity index (χ0n) is 15.4. The third kappa shape index (κ3) is 2.47. The zero-order valence-corrected chi connectivity index (χ0v) is 17.0. The molecule has 4 heterocycles. The van der Waals surface area contributed by atoms with Crippen LogP contribution in [-0.4, -0.2) is 37.5 Å². The van der Waals surface area contributed by atoms with Gasteiger partial charge in [0.1, 0.15) is 17.1 Å². The number of imidazole rings is 1. The molecule has 0 radical (unpaired) electrons. The minimum Gasteiger partial charge on any atom is -0.340 e. The fourth-order valence-electron chi connectivity index (χ4n) is 4.27. The smallest absolute Gasteiger partial charge is 0.250 e. The molecule has 2 aliphatic rings. The van der Waals surface area contributed by atoms with Crippen molar-refractivity contribution in [2.45, 2.75) is 31.7 Å². The van der Waals surface area contributed by atoms with Crippen molar-refractivity contribution in [3.8, 4) is 17.3 Å².